The van der Waals surface area contributed by atoms with Crippen LogP contribution in [0.25, 0.3) is 0 Å². The Balaban J connectivity index is 2.09. The molecule has 0 amide bonds. The Kier molecular flexibility index (Phi) is 4.59. The van der Waals surface area contributed by atoms with Gasteiger partial charge in [0.1, 0.15) is 5.69 Å². The van der Waals surface area contributed by atoms with Crippen molar-refractivity contribution in [1.82, 2.24) is 9.78 Å². The fourth-order valence-corrected chi connectivity index (χ4v) is 2.52. The number of nitro groups is 1. The van der Waals surface area contributed by atoms with Crippen LogP contribution in [0.2, 0.25) is 0 Å². The van der Waals surface area contributed by atoms with Crippen LogP contribution in [-0.2, 0) is 4.74 Å². The molecule has 1 fully saturated rings. The van der Waals surface area contributed by atoms with E-state index in [1.54, 1.807) is 11.6 Å². The molecule has 1 aliphatic rings. The highest BCUT2D eigenvalue weighted by atomic mass is 16.6. The van der Waals surface area contributed by atoms with Crippen LogP contribution in [-0.4, -0.2) is 34.0 Å². The minimum absolute atomic E-state index is 0.0750. The molecule has 2 heterocycles. The zero-order valence-electron chi connectivity index (χ0n) is 12.3. The molecule has 0 radical (unpaired) electrons. The molecule has 1 saturated heterocycles. The molecular formula is C13H22N4O3. The van der Waals surface area contributed by atoms with E-state index in [1.165, 1.54) is 0 Å². The predicted molar refractivity (Wildman–Crippen MR) is 76.1 cm³/mol. The van der Waals surface area contributed by atoms with Gasteiger partial charge in [0.15, 0.2) is 0 Å². The molecule has 1 aliphatic heterocycles. The van der Waals surface area contributed by atoms with Gasteiger partial charge in [0.25, 0.3) is 0 Å². The van der Waals surface area contributed by atoms with Gasteiger partial charge in [-0.2, -0.15) is 5.10 Å². The highest BCUT2D eigenvalue weighted by Crippen LogP contribution is 2.30. The fourth-order valence-electron chi connectivity index (χ4n) is 2.52. The van der Waals surface area contributed by atoms with Gasteiger partial charge in [0.2, 0.25) is 5.82 Å². The summed E-state index contributed by atoms with van der Waals surface area (Å²) in [5.41, 5.74) is 0.523. The van der Waals surface area contributed by atoms with E-state index in [0.717, 1.165) is 25.9 Å². The molecule has 0 aromatic carbocycles. The lowest BCUT2D eigenvalue weighted by atomic mass is 10.2. The Bertz CT molecular complexity index is 478. The maximum absolute atomic E-state index is 11.2. The molecular weight excluding hydrogens is 260 g/mol. The number of aryl methyl sites for hydroxylation is 1. The number of anilines is 1. The molecule has 0 saturated carbocycles. The third-order valence-corrected chi connectivity index (χ3v) is 3.51. The maximum Gasteiger partial charge on any atom is 0.333 e. The smallest absolute Gasteiger partial charge is 0.333 e. The molecule has 1 aromatic rings. The SMILES string of the molecule is Cc1nn(C(C)C)c(NCCC2CCCO2)c1[N+](=O)[O-]. The number of nitrogens with one attached hydrogen (secondary N) is 1. The minimum Gasteiger partial charge on any atom is -0.378 e. The first kappa shape index (κ1) is 14.8. The van der Waals surface area contributed by atoms with Crippen molar-refractivity contribution in [3.63, 3.8) is 0 Å². The molecule has 0 aliphatic carbocycles. The summed E-state index contributed by atoms with van der Waals surface area (Å²) >= 11 is 0. The topological polar surface area (TPSA) is 82.2 Å². The van der Waals surface area contributed by atoms with E-state index in [9.17, 15) is 10.1 Å². The Morgan fingerprint density at radius 1 is 1.60 bits per heavy atom. The van der Waals surface area contributed by atoms with Crippen molar-refractivity contribution in [3.8, 4) is 0 Å². The second-order valence-electron chi connectivity index (χ2n) is 5.43. The summed E-state index contributed by atoms with van der Waals surface area (Å²) in [6.45, 7) is 7.07. The monoisotopic (exact) mass is 282 g/mol. The van der Waals surface area contributed by atoms with E-state index in [2.05, 4.69) is 10.4 Å². The fraction of sp³-hybridized carbons (Fsp3) is 0.769. The number of ether oxygens (including phenoxy) is 1. The Morgan fingerprint density at radius 2 is 2.35 bits per heavy atom. The Labute approximate surface area is 118 Å². The second kappa shape index (κ2) is 6.21. The van der Waals surface area contributed by atoms with E-state index in [4.69, 9.17) is 4.74 Å². The van der Waals surface area contributed by atoms with Crippen LogP contribution in [0.1, 0.15) is 44.8 Å². The lowest BCUT2D eigenvalue weighted by molar-refractivity contribution is -0.384. The molecule has 1 atom stereocenters. The Hall–Kier alpha value is -1.63. The lowest BCUT2D eigenvalue weighted by Crippen LogP contribution is -2.16. The zero-order valence-corrected chi connectivity index (χ0v) is 12.3. The van der Waals surface area contributed by atoms with Crippen LogP contribution in [0.3, 0.4) is 0 Å². The molecule has 0 bridgehead atoms. The molecule has 0 spiro atoms. The van der Waals surface area contributed by atoms with E-state index < -0.39 is 0 Å². The summed E-state index contributed by atoms with van der Waals surface area (Å²) < 4.78 is 7.24. The third-order valence-electron chi connectivity index (χ3n) is 3.51. The van der Waals surface area contributed by atoms with Crippen LogP contribution in [0, 0.1) is 17.0 Å². The van der Waals surface area contributed by atoms with Crippen LogP contribution in [0.15, 0.2) is 0 Å². The third kappa shape index (κ3) is 3.09. The maximum atomic E-state index is 11.2. The second-order valence-corrected chi connectivity index (χ2v) is 5.43. The summed E-state index contributed by atoms with van der Waals surface area (Å²) in [4.78, 5) is 10.8. The molecule has 20 heavy (non-hydrogen) atoms. The molecule has 7 heteroatoms. The standard InChI is InChI=1S/C13H22N4O3/c1-9(2)16-13(12(17(18)19)10(3)15-16)14-7-6-11-5-4-8-20-11/h9,11,14H,4-8H2,1-3H3. The first-order valence-electron chi connectivity index (χ1n) is 7.09. The van der Waals surface area contributed by atoms with Crippen molar-refractivity contribution in [2.45, 2.75) is 52.2 Å². The van der Waals surface area contributed by atoms with E-state index >= 15 is 0 Å². The average Bonchev–Trinajstić information content (AvgIpc) is 2.97. The van der Waals surface area contributed by atoms with Crippen LogP contribution in [0.5, 0.6) is 0 Å². The van der Waals surface area contributed by atoms with Gasteiger partial charge in [-0.3, -0.25) is 10.1 Å². The van der Waals surface area contributed by atoms with Gasteiger partial charge in [0.05, 0.1) is 11.0 Å². The minimum atomic E-state index is -0.365. The van der Waals surface area contributed by atoms with Crippen molar-refractivity contribution in [2.24, 2.45) is 0 Å². The van der Waals surface area contributed by atoms with Crippen molar-refractivity contribution in [1.29, 1.82) is 0 Å². The van der Waals surface area contributed by atoms with E-state index in [0.29, 0.717) is 18.1 Å². The van der Waals surface area contributed by atoms with E-state index in [1.807, 2.05) is 13.8 Å². The van der Waals surface area contributed by atoms with Crippen molar-refractivity contribution >= 4 is 11.5 Å². The average molecular weight is 282 g/mol. The van der Waals surface area contributed by atoms with Crippen molar-refractivity contribution < 1.29 is 9.66 Å². The van der Waals surface area contributed by atoms with Crippen LogP contribution in [0.4, 0.5) is 11.5 Å². The molecule has 1 N–H and O–H groups in total. The number of nitrogens with zero attached hydrogens (tertiary/aromatic N) is 3. The molecule has 7 nitrogen and oxygen atoms in total. The highest BCUT2D eigenvalue weighted by molar-refractivity contribution is 5.59. The number of aromatic nitrogens is 2. The van der Waals surface area contributed by atoms with Crippen molar-refractivity contribution in [2.75, 3.05) is 18.5 Å². The van der Waals surface area contributed by atoms with Gasteiger partial charge in [-0.15, -0.1) is 0 Å². The Morgan fingerprint density at radius 3 is 2.90 bits per heavy atom. The first-order chi connectivity index (χ1) is 9.50. The van der Waals surface area contributed by atoms with Gasteiger partial charge in [-0.25, -0.2) is 4.68 Å². The van der Waals surface area contributed by atoms with E-state index in [-0.39, 0.29) is 22.8 Å². The highest BCUT2D eigenvalue weighted by Gasteiger charge is 2.26. The molecule has 112 valence electrons. The van der Waals surface area contributed by atoms with Crippen molar-refractivity contribution in [3.05, 3.63) is 15.8 Å². The molecule has 1 aromatic heterocycles. The number of hydrogen-bond donors (Lipinski definition) is 1. The normalized spacial score (nSPS) is 18.7. The summed E-state index contributed by atoms with van der Waals surface area (Å²) in [5.74, 6) is 0.500. The van der Waals surface area contributed by atoms with Gasteiger partial charge in [0, 0.05) is 19.2 Å². The molecule has 2 rings (SSSR count). The summed E-state index contributed by atoms with van der Waals surface area (Å²) in [7, 11) is 0. The van der Waals surface area contributed by atoms with Gasteiger partial charge < -0.3 is 10.1 Å². The predicted octanol–water partition coefficient (Wildman–Crippen LogP) is 2.66. The summed E-state index contributed by atoms with van der Waals surface area (Å²) in [6, 6.07) is 0.0765. The molecule has 1 unspecified atom stereocenters. The summed E-state index contributed by atoms with van der Waals surface area (Å²) in [6.07, 6.45) is 3.32. The number of rotatable bonds is 6. The van der Waals surface area contributed by atoms with Crippen LogP contribution >= 0.6 is 0 Å². The first-order valence-corrected chi connectivity index (χ1v) is 7.09. The van der Waals surface area contributed by atoms with Gasteiger partial charge >= 0.3 is 5.69 Å². The zero-order chi connectivity index (χ0) is 14.7. The number of hydrogen-bond acceptors (Lipinski definition) is 5. The van der Waals surface area contributed by atoms with Crippen LogP contribution < -0.4 is 5.32 Å². The largest absolute Gasteiger partial charge is 0.378 e. The summed E-state index contributed by atoms with van der Waals surface area (Å²) in [5, 5.41) is 18.6. The van der Waals surface area contributed by atoms with Gasteiger partial charge in [-0.1, -0.05) is 0 Å². The quantitative estimate of drug-likeness (QED) is 0.640. The van der Waals surface area contributed by atoms with Gasteiger partial charge in [-0.05, 0) is 40.0 Å². The lowest BCUT2D eigenvalue weighted by Gasteiger charge is -2.13.